The highest BCUT2D eigenvalue weighted by Crippen LogP contribution is 2.29. The fourth-order valence-corrected chi connectivity index (χ4v) is 4.73. The van der Waals surface area contributed by atoms with Crippen molar-refractivity contribution in [2.45, 2.75) is 32.3 Å². The van der Waals surface area contributed by atoms with E-state index in [-0.39, 0.29) is 11.5 Å². The lowest BCUT2D eigenvalue weighted by atomic mass is 10.3. The molecule has 108 valence electrons. The highest BCUT2D eigenvalue weighted by molar-refractivity contribution is 7.93. The third-order valence-electron chi connectivity index (χ3n) is 2.87. The summed E-state index contributed by atoms with van der Waals surface area (Å²) in [6, 6.07) is 3.44. The highest BCUT2D eigenvalue weighted by atomic mass is 32.2. The van der Waals surface area contributed by atoms with Gasteiger partial charge in [-0.15, -0.1) is 11.3 Å². The quantitative estimate of drug-likeness (QED) is 0.908. The number of pyridine rings is 1. The molecule has 0 fully saturated rings. The Bertz CT molecular complexity index is 736. The average molecular weight is 312 g/mol. The van der Waals surface area contributed by atoms with Crippen molar-refractivity contribution in [3.63, 3.8) is 0 Å². The molecule has 2 rings (SSSR count). The molecule has 0 aliphatic rings. The number of nitrogens with one attached hydrogen (secondary N) is 1. The Hall–Kier alpha value is -1.44. The zero-order chi connectivity index (χ0) is 14.9. The van der Waals surface area contributed by atoms with Crippen molar-refractivity contribution < 1.29 is 13.5 Å². The molecule has 5 nitrogen and oxygen atoms in total. The van der Waals surface area contributed by atoms with E-state index in [2.05, 4.69) is 9.71 Å². The van der Waals surface area contributed by atoms with Crippen LogP contribution in [0.25, 0.3) is 0 Å². The summed E-state index contributed by atoms with van der Waals surface area (Å²) in [5.74, 6) is 0. The first-order chi connectivity index (χ1) is 9.35. The summed E-state index contributed by atoms with van der Waals surface area (Å²) in [5.41, 5.74) is 2.52. The van der Waals surface area contributed by atoms with Gasteiger partial charge in [-0.05, 0) is 43.8 Å². The fourth-order valence-electron chi connectivity index (χ4n) is 1.95. The number of sulfonamides is 1. The zero-order valence-corrected chi connectivity index (χ0v) is 13.1. The summed E-state index contributed by atoms with van der Waals surface area (Å²) in [6.45, 7) is 5.01. The summed E-state index contributed by atoms with van der Waals surface area (Å²) in [6.07, 6.45) is 0. The van der Waals surface area contributed by atoms with Gasteiger partial charge >= 0.3 is 0 Å². The first kappa shape index (κ1) is 15.0. The van der Waals surface area contributed by atoms with E-state index in [1.807, 2.05) is 6.92 Å². The maximum Gasteiger partial charge on any atom is 0.263 e. The molecule has 0 bridgehead atoms. The minimum atomic E-state index is -3.72. The van der Waals surface area contributed by atoms with Crippen LogP contribution in [0.15, 0.2) is 22.4 Å². The molecular formula is C13H16N2O3S2. The van der Waals surface area contributed by atoms with Crippen LogP contribution in [0.1, 0.15) is 21.8 Å². The van der Waals surface area contributed by atoms with E-state index in [1.165, 1.54) is 11.3 Å². The molecule has 0 saturated carbocycles. The number of aromatic nitrogens is 1. The third kappa shape index (κ3) is 2.84. The molecule has 2 aromatic rings. The van der Waals surface area contributed by atoms with E-state index in [1.54, 1.807) is 31.4 Å². The lowest BCUT2D eigenvalue weighted by molar-refractivity contribution is 0.282. The Balaban J connectivity index is 2.43. The maximum absolute atomic E-state index is 12.5. The molecule has 0 unspecified atom stereocenters. The number of hydrogen-bond acceptors (Lipinski definition) is 5. The van der Waals surface area contributed by atoms with Crippen molar-refractivity contribution in [3.05, 3.63) is 39.3 Å². The molecule has 20 heavy (non-hydrogen) atoms. The molecule has 0 aliphatic heterocycles. The minimum absolute atomic E-state index is 0.157. The fraction of sp³-hybridized carbons (Fsp3) is 0.308. The lowest BCUT2D eigenvalue weighted by Crippen LogP contribution is -2.16. The van der Waals surface area contributed by atoms with Gasteiger partial charge in [0.05, 0.1) is 22.9 Å². The first-order valence-electron chi connectivity index (χ1n) is 6.00. The second-order valence-corrected chi connectivity index (χ2v) is 7.10. The number of aliphatic hydroxyl groups excluding tert-OH is 1. The normalized spacial score (nSPS) is 11.6. The SMILES string of the molecule is Cc1ccc(NS(=O)(=O)c2c(C)csc2CO)c(C)n1. The van der Waals surface area contributed by atoms with Crippen LogP contribution in [-0.4, -0.2) is 18.5 Å². The van der Waals surface area contributed by atoms with Crippen LogP contribution in [-0.2, 0) is 16.6 Å². The number of hydrogen-bond donors (Lipinski definition) is 2. The standard InChI is InChI=1S/C13H16N2O3S2/c1-8-7-19-12(6-16)13(8)20(17,18)15-11-5-4-9(2)14-10(11)3/h4-5,7,15-16H,6H2,1-3H3. The van der Waals surface area contributed by atoms with Crippen molar-refractivity contribution in [1.29, 1.82) is 0 Å². The van der Waals surface area contributed by atoms with Gasteiger partial charge in [-0.3, -0.25) is 9.71 Å². The monoisotopic (exact) mass is 312 g/mol. The first-order valence-corrected chi connectivity index (χ1v) is 8.36. The second-order valence-electron chi connectivity index (χ2n) is 4.52. The van der Waals surface area contributed by atoms with Gasteiger partial charge in [-0.2, -0.15) is 0 Å². The van der Waals surface area contributed by atoms with Gasteiger partial charge in [-0.1, -0.05) is 0 Å². The lowest BCUT2D eigenvalue weighted by Gasteiger charge is -2.11. The minimum Gasteiger partial charge on any atom is -0.391 e. The van der Waals surface area contributed by atoms with E-state index in [9.17, 15) is 13.5 Å². The van der Waals surface area contributed by atoms with E-state index < -0.39 is 10.0 Å². The molecule has 0 radical (unpaired) electrons. The summed E-state index contributed by atoms with van der Waals surface area (Å²) in [5, 5.41) is 11.0. The highest BCUT2D eigenvalue weighted by Gasteiger charge is 2.23. The maximum atomic E-state index is 12.5. The van der Waals surface area contributed by atoms with E-state index in [0.717, 1.165) is 5.69 Å². The Labute approximate surface area is 122 Å². The molecule has 0 atom stereocenters. The van der Waals surface area contributed by atoms with Crippen molar-refractivity contribution in [1.82, 2.24) is 4.98 Å². The molecule has 0 aliphatic carbocycles. The van der Waals surface area contributed by atoms with Gasteiger partial charge in [0.25, 0.3) is 10.0 Å². The molecular weight excluding hydrogens is 296 g/mol. The summed E-state index contributed by atoms with van der Waals surface area (Å²) < 4.78 is 27.5. The van der Waals surface area contributed by atoms with Crippen LogP contribution in [0.5, 0.6) is 0 Å². The van der Waals surface area contributed by atoms with Gasteiger partial charge in [0, 0.05) is 5.69 Å². The molecule has 2 heterocycles. The van der Waals surface area contributed by atoms with Gasteiger partial charge in [0.15, 0.2) is 0 Å². The molecule has 0 spiro atoms. The Morgan fingerprint density at radius 1 is 1.30 bits per heavy atom. The second kappa shape index (κ2) is 5.51. The van der Waals surface area contributed by atoms with Gasteiger partial charge in [0.2, 0.25) is 0 Å². The van der Waals surface area contributed by atoms with Gasteiger partial charge in [-0.25, -0.2) is 8.42 Å². The number of anilines is 1. The number of rotatable bonds is 4. The Morgan fingerprint density at radius 3 is 2.60 bits per heavy atom. The largest absolute Gasteiger partial charge is 0.391 e. The smallest absolute Gasteiger partial charge is 0.263 e. The predicted molar refractivity (Wildman–Crippen MR) is 79.5 cm³/mol. The number of thiophene rings is 1. The van der Waals surface area contributed by atoms with E-state index in [0.29, 0.717) is 21.8 Å². The summed E-state index contributed by atoms with van der Waals surface area (Å²) in [4.78, 5) is 4.83. The van der Waals surface area contributed by atoms with Gasteiger partial charge < -0.3 is 5.11 Å². The predicted octanol–water partition coefficient (Wildman–Crippen LogP) is 2.36. The Morgan fingerprint density at radius 2 is 2.00 bits per heavy atom. The van der Waals surface area contributed by atoms with Crippen molar-refractivity contribution in [3.8, 4) is 0 Å². The van der Waals surface area contributed by atoms with Crippen LogP contribution >= 0.6 is 11.3 Å². The Kier molecular flexibility index (Phi) is 4.12. The van der Waals surface area contributed by atoms with Gasteiger partial charge in [0.1, 0.15) is 4.90 Å². The van der Waals surface area contributed by atoms with Crippen molar-refractivity contribution in [2.75, 3.05) is 4.72 Å². The number of aryl methyl sites for hydroxylation is 3. The molecule has 0 aromatic carbocycles. The summed E-state index contributed by atoms with van der Waals surface area (Å²) >= 11 is 1.24. The number of nitrogens with zero attached hydrogens (tertiary/aromatic N) is 1. The van der Waals surface area contributed by atoms with Crippen LogP contribution in [0.2, 0.25) is 0 Å². The van der Waals surface area contributed by atoms with Crippen molar-refractivity contribution in [2.24, 2.45) is 0 Å². The third-order valence-corrected chi connectivity index (χ3v) is 5.68. The molecule has 2 N–H and O–H groups in total. The van der Waals surface area contributed by atoms with E-state index in [4.69, 9.17) is 0 Å². The molecule has 0 amide bonds. The molecule has 7 heteroatoms. The van der Waals surface area contributed by atoms with Crippen LogP contribution in [0.3, 0.4) is 0 Å². The average Bonchev–Trinajstić information content (AvgIpc) is 2.75. The van der Waals surface area contributed by atoms with Crippen LogP contribution in [0, 0.1) is 20.8 Å². The molecule has 2 aromatic heterocycles. The zero-order valence-electron chi connectivity index (χ0n) is 11.5. The van der Waals surface area contributed by atoms with Crippen LogP contribution in [0.4, 0.5) is 5.69 Å². The van der Waals surface area contributed by atoms with Crippen LogP contribution < -0.4 is 4.72 Å². The van der Waals surface area contributed by atoms with E-state index >= 15 is 0 Å². The summed E-state index contributed by atoms with van der Waals surface area (Å²) in [7, 11) is -3.72. The topological polar surface area (TPSA) is 79.3 Å². The van der Waals surface area contributed by atoms with Crippen molar-refractivity contribution >= 4 is 27.0 Å². The number of aliphatic hydroxyl groups is 1. The molecule has 0 saturated heterocycles.